The van der Waals surface area contributed by atoms with Crippen LogP contribution in [0, 0.1) is 0 Å². The second kappa shape index (κ2) is 4.61. The van der Waals surface area contributed by atoms with Gasteiger partial charge in [0.25, 0.3) is 5.56 Å². The summed E-state index contributed by atoms with van der Waals surface area (Å²) in [4.78, 5) is 27.5. The van der Waals surface area contributed by atoms with Gasteiger partial charge < -0.3 is 4.98 Å². The van der Waals surface area contributed by atoms with Gasteiger partial charge in [0.15, 0.2) is 11.3 Å². The Bertz CT molecular complexity index is 1040. The van der Waals surface area contributed by atoms with Crippen molar-refractivity contribution in [3.63, 3.8) is 0 Å². The summed E-state index contributed by atoms with van der Waals surface area (Å²) in [6.45, 7) is 0. The summed E-state index contributed by atoms with van der Waals surface area (Å²) in [6, 6.07) is 7.19. The zero-order valence-corrected chi connectivity index (χ0v) is 12.1. The fourth-order valence-electron chi connectivity index (χ4n) is 2.12. The number of nitrogens with zero attached hydrogens (tertiary/aromatic N) is 3. The molecule has 0 aromatic carbocycles. The Morgan fingerprint density at radius 2 is 2.10 bits per heavy atom. The van der Waals surface area contributed by atoms with Crippen molar-refractivity contribution < 1.29 is 0 Å². The van der Waals surface area contributed by atoms with Crippen molar-refractivity contribution in [2.75, 3.05) is 0 Å². The number of fused-ring (bicyclic) bond motifs is 2. The van der Waals surface area contributed by atoms with E-state index < -0.39 is 0 Å². The summed E-state index contributed by atoms with van der Waals surface area (Å²) in [7, 11) is 0. The molecule has 0 aliphatic heterocycles. The van der Waals surface area contributed by atoms with E-state index in [1.54, 1.807) is 29.7 Å². The molecule has 5 nitrogen and oxygen atoms in total. The summed E-state index contributed by atoms with van der Waals surface area (Å²) in [6.07, 6.45) is 1.78. The first kappa shape index (κ1) is 12.4. The van der Waals surface area contributed by atoms with Gasteiger partial charge in [-0.05, 0) is 35.0 Å². The molecular weight excluding hydrogens is 308 g/mol. The summed E-state index contributed by atoms with van der Waals surface area (Å²) in [5.74, 6) is 0.421. The molecule has 1 N–H and O–H groups in total. The van der Waals surface area contributed by atoms with E-state index in [1.165, 1.54) is 0 Å². The SMILES string of the molecule is O=c1[nH]c(-c2cc3ccsc3cn2)nc2ccc(Cl)nc12. The molecule has 0 aliphatic carbocycles. The normalized spacial score (nSPS) is 11.3. The van der Waals surface area contributed by atoms with E-state index in [1.807, 2.05) is 17.5 Å². The van der Waals surface area contributed by atoms with Crippen LogP contribution in [-0.4, -0.2) is 19.9 Å². The highest BCUT2D eigenvalue weighted by Gasteiger charge is 2.09. The van der Waals surface area contributed by atoms with Crippen LogP contribution in [-0.2, 0) is 0 Å². The van der Waals surface area contributed by atoms with Crippen molar-refractivity contribution in [3.8, 4) is 11.5 Å². The number of H-pyrrole nitrogens is 1. The summed E-state index contributed by atoms with van der Waals surface area (Å²) in [5.41, 5.74) is 1.01. The van der Waals surface area contributed by atoms with Gasteiger partial charge in [0, 0.05) is 6.20 Å². The third-order valence-electron chi connectivity index (χ3n) is 3.10. The first-order valence-electron chi connectivity index (χ1n) is 6.11. The van der Waals surface area contributed by atoms with Crippen LogP contribution in [0.5, 0.6) is 0 Å². The lowest BCUT2D eigenvalue weighted by molar-refractivity contribution is 1.13. The molecule has 7 heteroatoms. The van der Waals surface area contributed by atoms with E-state index in [0.29, 0.717) is 17.0 Å². The van der Waals surface area contributed by atoms with Crippen LogP contribution in [0.4, 0.5) is 0 Å². The summed E-state index contributed by atoms with van der Waals surface area (Å²) in [5, 5.41) is 3.33. The lowest BCUT2D eigenvalue weighted by atomic mass is 10.2. The second-order valence-corrected chi connectivity index (χ2v) is 5.78. The van der Waals surface area contributed by atoms with Crippen LogP contribution in [0.3, 0.4) is 0 Å². The number of hydrogen-bond donors (Lipinski definition) is 1. The van der Waals surface area contributed by atoms with Crippen LogP contribution < -0.4 is 5.56 Å². The molecule has 4 rings (SSSR count). The number of rotatable bonds is 1. The van der Waals surface area contributed by atoms with Crippen LogP contribution in [0.15, 0.2) is 40.6 Å². The fourth-order valence-corrected chi connectivity index (χ4v) is 3.00. The molecule has 0 fully saturated rings. The molecule has 0 radical (unpaired) electrons. The van der Waals surface area contributed by atoms with Gasteiger partial charge in [-0.25, -0.2) is 9.97 Å². The van der Waals surface area contributed by atoms with Crippen molar-refractivity contribution in [3.05, 3.63) is 51.3 Å². The van der Waals surface area contributed by atoms with Gasteiger partial charge in [-0.3, -0.25) is 9.78 Å². The maximum atomic E-state index is 12.1. The first-order chi connectivity index (χ1) is 10.2. The lowest BCUT2D eigenvalue weighted by Crippen LogP contribution is -2.11. The Morgan fingerprint density at radius 1 is 1.19 bits per heavy atom. The van der Waals surface area contributed by atoms with E-state index in [-0.39, 0.29) is 16.2 Å². The second-order valence-electron chi connectivity index (χ2n) is 4.44. The van der Waals surface area contributed by atoms with Crippen molar-refractivity contribution in [1.82, 2.24) is 19.9 Å². The number of nitrogens with one attached hydrogen (secondary N) is 1. The summed E-state index contributed by atoms with van der Waals surface area (Å²) < 4.78 is 1.09. The van der Waals surface area contributed by atoms with Crippen LogP contribution in [0.1, 0.15) is 0 Å². The molecule has 0 aliphatic rings. The number of aromatic amines is 1. The molecule has 0 spiro atoms. The number of pyridine rings is 2. The minimum absolute atomic E-state index is 0.225. The van der Waals surface area contributed by atoms with Gasteiger partial charge in [-0.1, -0.05) is 11.6 Å². The van der Waals surface area contributed by atoms with Gasteiger partial charge in [-0.15, -0.1) is 11.3 Å². The molecule has 4 aromatic heterocycles. The molecule has 0 unspecified atom stereocenters. The molecular formula is C14H7ClN4OS. The largest absolute Gasteiger partial charge is 0.303 e. The fraction of sp³-hybridized carbons (Fsp3) is 0. The monoisotopic (exact) mass is 314 g/mol. The Labute approximate surface area is 127 Å². The molecule has 0 bridgehead atoms. The van der Waals surface area contributed by atoms with Crippen molar-refractivity contribution in [2.45, 2.75) is 0 Å². The number of hydrogen-bond acceptors (Lipinski definition) is 5. The quantitative estimate of drug-likeness (QED) is 0.547. The average Bonchev–Trinajstić information content (AvgIpc) is 2.95. The highest BCUT2D eigenvalue weighted by Crippen LogP contribution is 2.23. The van der Waals surface area contributed by atoms with Crippen molar-refractivity contribution in [2.24, 2.45) is 0 Å². The molecule has 0 saturated carbocycles. The third kappa shape index (κ3) is 2.09. The van der Waals surface area contributed by atoms with Crippen molar-refractivity contribution in [1.29, 1.82) is 0 Å². The zero-order valence-electron chi connectivity index (χ0n) is 10.5. The smallest absolute Gasteiger partial charge is 0.277 e. The molecule has 4 heterocycles. The standard InChI is InChI=1S/C14H7ClN4OS/c15-11-2-1-8-12(18-11)14(20)19-13(17-8)9-5-7-3-4-21-10(7)6-16-9/h1-6H,(H,17,19,20). The maximum Gasteiger partial charge on any atom is 0.277 e. The highest BCUT2D eigenvalue weighted by molar-refractivity contribution is 7.17. The predicted octanol–water partition coefficient (Wildman–Crippen LogP) is 3.25. The Morgan fingerprint density at radius 3 is 3.00 bits per heavy atom. The molecule has 0 amide bonds. The number of halogens is 1. The number of thiophene rings is 1. The van der Waals surface area contributed by atoms with Gasteiger partial charge in [-0.2, -0.15) is 0 Å². The van der Waals surface area contributed by atoms with Gasteiger partial charge in [0.05, 0.1) is 10.2 Å². The first-order valence-corrected chi connectivity index (χ1v) is 7.37. The Balaban J connectivity index is 1.97. The van der Waals surface area contributed by atoms with E-state index in [0.717, 1.165) is 10.1 Å². The minimum atomic E-state index is -0.329. The predicted molar refractivity (Wildman–Crippen MR) is 83.8 cm³/mol. The zero-order chi connectivity index (χ0) is 14.4. The topological polar surface area (TPSA) is 71.5 Å². The molecule has 0 saturated heterocycles. The van der Waals surface area contributed by atoms with E-state index in [9.17, 15) is 4.79 Å². The van der Waals surface area contributed by atoms with Gasteiger partial charge in [0.2, 0.25) is 0 Å². The van der Waals surface area contributed by atoms with Crippen LogP contribution >= 0.6 is 22.9 Å². The Hall–Kier alpha value is -2.31. The van der Waals surface area contributed by atoms with Crippen LogP contribution in [0.2, 0.25) is 5.15 Å². The number of aromatic nitrogens is 4. The average molecular weight is 315 g/mol. The highest BCUT2D eigenvalue weighted by atomic mass is 35.5. The molecule has 102 valence electrons. The van der Waals surface area contributed by atoms with Gasteiger partial charge >= 0.3 is 0 Å². The minimum Gasteiger partial charge on any atom is -0.303 e. The van der Waals surface area contributed by atoms with E-state index in [4.69, 9.17) is 11.6 Å². The molecule has 0 atom stereocenters. The van der Waals surface area contributed by atoms with Crippen molar-refractivity contribution >= 4 is 44.1 Å². The molecule has 21 heavy (non-hydrogen) atoms. The molecule has 4 aromatic rings. The Kier molecular flexibility index (Phi) is 2.73. The third-order valence-corrected chi connectivity index (χ3v) is 4.18. The van der Waals surface area contributed by atoms with E-state index >= 15 is 0 Å². The lowest BCUT2D eigenvalue weighted by Gasteiger charge is -2.02. The van der Waals surface area contributed by atoms with Crippen LogP contribution in [0.25, 0.3) is 32.6 Å². The van der Waals surface area contributed by atoms with E-state index in [2.05, 4.69) is 19.9 Å². The maximum absolute atomic E-state index is 12.1. The summed E-state index contributed by atoms with van der Waals surface area (Å²) >= 11 is 7.42. The van der Waals surface area contributed by atoms with Gasteiger partial charge in [0.1, 0.15) is 10.8 Å².